The van der Waals surface area contributed by atoms with Crippen LogP contribution in [0.4, 0.5) is 11.4 Å². The van der Waals surface area contributed by atoms with E-state index in [1.807, 2.05) is 0 Å². The van der Waals surface area contributed by atoms with E-state index < -0.39 is 20.0 Å². The number of methoxy groups -OCH3 is 1. The summed E-state index contributed by atoms with van der Waals surface area (Å²) in [5.74, 6) is 0.533. The molecule has 0 aliphatic carbocycles. The molecule has 3 rings (SSSR count). The van der Waals surface area contributed by atoms with E-state index in [-0.39, 0.29) is 15.5 Å². The van der Waals surface area contributed by atoms with E-state index in [9.17, 15) is 16.8 Å². The molecule has 0 bridgehead atoms. The first-order valence-corrected chi connectivity index (χ1v) is 12.0. The van der Waals surface area contributed by atoms with E-state index in [1.54, 1.807) is 25.1 Å². The van der Waals surface area contributed by atoms with E-state index in [0.717, 1.165) is 0 Å². The molecule has 0 aliphatic heterocycles. The summed E-state index contributed by atoms with van der Waals surface area (Å²) >= 11 is 6.03. The van der Waals surface area contributed by atoms with Crippen LogP contribution in [0.3, 0.4) is 0 Å². The highest BCUT2D eigenvalue weighted by atomic mass is 35.5. The molecule has 0 spiro atoms. The Morgan fingerprint density at radius 1 is 0.767 bits per heavy atom. The summed E-state index contributed by atoms with van der Waals surface area (Å²) < 4.78 is 60.2. The van der Waals surface area contributed by atoms with Gasteiger partial charge in [0.1, 0.15) is 5.75 Å². The van der Waals surface area contributed by atoms with Crippen molar-refractivity contribution in [2.75, 3.05) is 16.6 Å². The predicted octanol–water partition coefficient (Wildman–Crippen LogP) is 4.26. The molecule has 0 unspecified atom stereocenters. The molecule has 30 heavy (non-hydrogen) atoms. The van der Waals surface area contributed by atoms with Gasteiger partial charge in [0, 0.05) is 10.7 Å². The molecule has 0 aromatic heterocycles. The van der Waals surface area contributed by atoms with E-state index in [2.05, 4.69) is 9.44 Å². The fraction of sp³-hybridized carbons (Fsp3) is 0.100. The third kappa shape index (κ3) is 4.86. The Kier molecular flexibility index (Phi) is 6.25. The molecule has 0 fully saturated rings. The molecule has 0 radical (unpaired) electrons. The second kappa shape index (κ2) is 8.55. The average molecular weight is 467 g/mol. The number of hydrogen-bond donors (Lipinski definition) is 2. The monoisotopic (exact) mass is 466 g/mol. The number of hydrogen-bond acceptors (Lipinski definition) is 5. The number of benzene rings is 3. The maximum Gasteiger partial charge on any atom is 0.261 e. The lowest BCUT2D eigenvalue weighted by atomic mass is 10.2. The molecule has 0 heterocycles. The van der Waals surface area contributed by atoms with Gasteiger partial charge in [-0.1, -0.05) is 17.7 Å². The molecule has 3 aromatic carbocycles. The lowest BCUT2D eigenvalue weighted by Gasteiger charge is -2.12. The Bertz CT molecular complexity index is 1260. The highest BCUT2D eigenvalue weighted by Gasteiger charge is 2.18. The number of halogens is 1. The Morgan fingerprint density at radius 3 is 1.87 bits per heavy atom. The molecular formula is C20H19ClN2O5S2. The lowest BCUT2D eigenvalue weighted by Crippen LogP contribution is -2.15. The standard InChI is InChI=1S/C20H19ClN2O5S2/c1-14-19(21)4-3-5-20(14)23-30(26,27)17-10-6-15(7-11-17)22-29(24,25)18-12-8-16(28-2)9-13-18/h3-13,22-23H,1-2H3. The molecule has 0 amide bonds. The Balaban J connectivity index is 1.79. The van der Waals surface area contributed by atoms with Gasteiger partial charge in [0.15, 0.2) is 0 Å². The summed E-state index contributed by atoms with van der Waals surface area (Å²) in [4.78, 5) is 0.0346. The lowest BCUT2D eigenvalue weighted by molar-refractivity contribution is 0.414. The van der Waals surface area contributed by atoms with E-state index in [0.29, 0.717) is 22.0 Å². The fourth-order valence-electron chi connectivity index (χ4n) is 2.59. The van der Waals surface area contributed by atoms with Crippen LogP contribution in [0.25, 0.3) is 0 Å². The van der Waals surface area contributed by atoms with Crippen molar-refractivity contribution < 1.29 is 21.6 Å². The molecule has 158 valence electrons. The van der Waals surface area contributed by atoms with Crippen molar-refractivity contribution in [3.8, 4) is 5.75 Å². The van der Waals surface area contributed by atoms with Crippen molar-refractivity contribution in [3.63, 3.8) is 0 Å². The van der Waals surface area contributed by atoms with Gasteiger partial charge >= 0.3 is 0 Å². The van der Waals surface area contributed by atoms with Crippen molar-refractivity contribution in [1.82, 2.24) is 0 Å². The Hall–Kier alpha value is -2.75. The highest BCUT2D eigenvalue weighted by Crippen LogP contribution is 2.26. The predicted molar refractivity (Wildman–Crippen MR) is 117 cm³/mol. The molecule has 7 nitrogen and oxygen atoms in total. The number of sulfonamides is 2. The van der Waals surface area contributed by atoms with Gasteiger partial charge in [-0.05, 0) is 73.2 Å². The summed E-state index contributed by atoms with van der Waals surface area (Å²) in [6.07, 6.45) is 0. The Morgan fingerprint density at radius 2 is 1.30 bits per heavy atom. The number of nitrogens with one attached hydrogen (secondary N) is 2. The summed E-state index contributed by atoms with van der Waals surface area (Å²) in [5, 5.41) is 0.443. The van der Waals surface area contributed by atoms with Gasteiger partial charge in [0.25, 0.3) is 20.0 Å². The molecule has 0 atom stereocenters. The molecule has 3 aromatic rings. The second-order valence-electron chi connectivity index (χ2n) is 6.32. The van der Waals surface area contributed by atoms with Crippen molar-refractivity contribution in [3.05, 3.63) is 77.3 Å². The number of anilines is 2. The number of rotatable bonds is 7. The van der Waals surface area contributed by atoms with Crippen LogP contribution in [-0.4, -0.2) is 23.9 Å². The van der Waals surface area contributed by atoms with Gasteiger partial charge in [0.2, 0.25) is 0 Å². The second-order valence-corrected chi connectivity index (χ2v) is 10.1. The zero-order valence-electron chi connectivity index (χ0n) is 16.1. The van der Waals surface area contributed by atoms with Gasteiger partial charge in [0.05, 0.1) is 22.6 Å². The first-order valence-electron chi connectivity index (χ1n) is 8.67. The molecule has 0 saturated carbocycles. The van der Waals surface area contributed by atoms with Crippen LogP contribution in [0.15, 0.2) is 76.5 Å². The fourth-order valence-corrected chi connectivity index (χ4v) is 4.95. The van der Waals surface area contributed by atoms with Crippen molar-refractivity contribution in [2.45, 2.75) is 16.7 Å². The largest absolute Gasteiger partial charge is 0.497 e. The number of ether oxygens (including phenoxy) is 1. The highest BCUT2D eigenvalue weighted by molar-refractivity contribution is 7.93. The Labute approximate surface area is 180 Å². The topological polar surface area (TPSA) is 102 Å². The average Bonchev–Trinajstić information content (AvgIpc) is 2.71. The minimum atomic E-state index is -3.87. The zero-order chi connectivity index (χ0) is 21.9. The summed E-state index contributed by atoms with van der Waals surface area (Å²) in [5.41, 5.74) is 1.20. The summed E-state index contributed by atoms with van der Waals surface area (Å²) in [6, 6.07) is 16.2. The minimum absolute atomic E-state index is 0.0192. The zero-order valence-corrected chi connectivity index (χ0v) is 18.5. The van der Waals surface area contributed by atoms with E-state index in [4.69, 9.17) is 16.3 Å². The van der Waals surface area contributed by atoms with Crippen molar-refractivity contribution in [2.24, 2.45) is 0 Å². The van der Waals surface area contributed by atoms with Crippen LogP contribution >= 0.6 is 11.6 Å². The van der Waals surface area contributed by atoms with Crippen LogP contribution in [0, 0.1) is 6.92 Å². The third-order valence-electron chi connectivity index (χ3n) is 4.30. The van der Waals surface area contributed by atoms with Crippen molar-refractivity contribution >= 4 is 43.0 Å². The maximum atomic E-state index is 12.6. The van der Waals surface area contributed by atoms with E-state index >= 15 is 0 Å². The van der Waals surface area contributed by atoms with E-state index in [1.165, 1.54) is 55.6 Å². The van der Waals surface area contributed by atoms with Crippen LogP contribution < -0.4 is 14.2 Å². The van der Waals surface area contributed by atoms with Crippen LogP contribution in [-0.2, 0) is 20.0 Å². The van der Waals surface area contributed by atoms with Gasteiger partial charge in [-0.15, -0.1) is 0 Å². The van der Waals surface area contributed by atoms with Gasteiger partial charge in [-0.25, -0.2) is 16.8 Å². The maximum absolute atomic E-state index is 12.6. The molecule has 10 heteroatoms. The summed E-state index contributed by atoms with van der Waals surface area (Å²) in [7, 11) is -6.22. The molecule has 0 saturated heterocycles. The molecular weight excluding hydrogens is 448 g/mol. The SMILES string of the molecule is COc1ccc(S(=O)(=O)Nc2ccc(S(=O)(=O)Nc3cccc(Cl)c3C)cc2)cc1. The van der Waals surface area contributed by atoms with Crippen LogP contribution in [0.2, 0.25) is 5.02 Å². The quantitative estimate of drug-likeness (QED) is 0.541. The minimum Gasteiger partial charge on any atom is -0.497 e. The van der Waals surface area contributed by atoms with Crippen molar-refractivity contribution in [1.29, 1.82) is 0 Å². The van der Waals surface area contributed by atoms with Gasteiger partial charge < -0.3 is 4.74 Å². The third-order valence-corrected chi connectivity index (χ3v) is 7.49. The first kappa shape index (κ1) is 21.9. The van der Waals surface area contributed by atoms with Crippen LogP contribution in [0.1, 0.15) is 5.56 Å². The van der Waals surface area contributed by atoms with Gasteiger partial charge in [-0.3, -0.25) is 9.44 Å². The van der Waals surface area contributed by atoms with Gasteiger partial charge in [-0.2, -0.15) is 0 Å². The summed E-state index contributed by atoms with van der Waals surface area (Å²) in [6.45, 7) is 1.71. The van der Waals surface area contributed by atoms with Crippen LogP contribution in [0.5, 0.6) is 5.75 Å². The normalized spacial score (nSPS) is 11.7. The first-order chi connectivity index (χ1) is 14.1. The molecule has 0 aliphatic rings. The molecule has 2 N–H and O–H groups in total. The smallest absolute Gasteiger partial charge is 0.261 e.